The van der Waals surface area contributed by atoms with Crippen molar-refractivity contribution >= 4 is 0 Å². The standard InChI is InChI=1S/C12H22O2/c1-12(2,3)9-7-11(14-8-9)10-5-4-6-13-10/h9-11H,4-8H2,1-3H3. The van der Waals surface area contributed by atoms with Gasteiger partial charge in [-0.05, 0) is 30.6 Å². The lowest BCUT2D eigenvalue weighted by molar-refractivity contribution is -0.0182. The molecule has 0 radical (unpaired) electrons. The zero-order valence-electron chi connectivity index (χ0n) is 9.58. The predicted molar refractivity (Wildman–Crippen MR) is 56.3 cm³/mol. The van der Waals surface area contributed by atoms with E-state index in [4.69, 9.17) is 9.47 Å². The molecule has 2 aliphatic rings. The van der Waals surface area contributed by atoms with Crippen molar-refractivity contribution in [3.05, 3.63) is 0 Å². The van der Waals surface area contributed by atoms with Crippen molar-refractivity contribution in [2.24, 2.45) is 11.3 Å². The summed E-state index contributed by atoms with van der Waals surface area (Å²) < 4.78 is 11.5. The molecule has 14 heavy (non-hydrogen) atoms. The van der Waals surface area contributed by atoms with Crippen LogP contribution in [0.2, 0.25) is 0 Å². The molecule has 2 heteroatoms. The summed E-state index contributed by atoms with van der Waals surface area (Å²) in [6.45, 7) is 8.77. The monoisotopic (exact) mass is 198 g/mol. The highest BCUT2D eigenvalue weighted by molar-refractivity contribution is 4.87. The van der Waals surface area contributed by atoms with Crippen LogP contribution in [0.3, 0.4) is 0 Å². The summed E-state index contributed by atoms with van der Waals surface area (Å²) in [7, 11) is 0. The summed E-state index contributed by atoms with van der Waals surface area (Å²) in [6, 6.07) is 0. The Morgan fingerprint density at radius 1 is 1.07 bits per heavy atom. The highest BCUT2D eigenvalue weighted by Crippen LogP contribution is 2.37. The van der Waals surface area contributed by atoms with E-state index in [1.54, 1.807) is 0 Å². The van der Waals surface area contributed by atoms with E-state index >= 15 is 0 Å². The quantitative estimate of drug-likeness (QED) is 0.645. The van der Waals surface area contributed by atoms with E-state index in [1.165, 1.54) is 19.3 Å². The smallest absolute Gasteiger partial charge is 0.0840 e. The van der Waals surface area contributed by atoms with Crippen molar-refractivity contribution in [3.63, 3.8) is 0 Å². The number of rotatable bonds is 1. The average molecular weight is 198 g/mol. The molecule has 2 aliphatic heterocycles. The van der Waals surface area contributed by atoms with Gasteiger partial charge in [-0.25, -0.2) is 0 Å². The summed E-state index contributed by atoms with van der Waals surface area (Å²) in [6.07, 6.45) is 4.37. The molecule has 0 aromatic heterocycles. The third kappa shape index (κ3) is 2.12. The van der Waals surface area contributed by atoms with Crippen LogP contribution in [0.15, 0.2) is 0 Å². The Morgan fingerprint density at radius 3 is 2.36 bits per heavy atom. The van der Waals surface area contributed by atoms with Gasteiger partial charge in [0.15, 0.2) is 0 Å². The minimum Gasteiger partial charge on any atom is -0.376 e. The van der Waals surface area contributed by atoms with Gasteiger partial charge < -0.3 is 9.47 Å². The van der Waals surface area contributed by atoms with Crippen molar-refractivity contribution in [1.29, 1.82) is 0 Å². The van der Waals surface area contributed by atoms with Crippen LogP contribution in [0.5, 0.6) is 0 Å². The highest BCUT2D eigenvalue weighted by Gasteiger charge is 2.38. The van der Waals surface area contributed by atoms with Gasteiger partial charge in [0.25, 0.3) is 0 Å². The lowest BCUT2D eigenvalue weighted by atomic mass is 9.79. The van der Waals surface area contributed by atoms with E-state index in [9.17, 15) is 0 Å². The van der Waals surface area contributed by atoms with Gasteiger partial charge in [-0.2, -0.15) is 0 Å². The molecule has 3 atom stereocenters. The number of hydrogen-bond acceptors (Lipinski definition) is 2. The van der Waals surface area contributed by atoms with Crippen LogP contribution in [0.1, 0.15) is 40.0 Å². The minimum absolute atomic E-state index is 0.377. The van der Waals surface area contributed by atoms with E-state index in [1.807, 2.05) is 0 Å². The van der Waals surface area contributed by atoms with Crippen molar-refractivity contribution in [2.75, 3.05) is 13.2 Å². The average Bonchev–Trinajstić information content (AvgIpc) is 2.73. The van der Waals surface area contributed by atoms with Gasteiger partial charge in [0, 0.05) is 6.61 Å². The fourth-order valence-corrected chi connectivity index (χ4v) is 2.41. The molecule has 2 heterocycles. The van der Waals surface area contributed by atoms with E-state index in [-0.39, 0.29) is 0 Å². The first kappa shape index (κ1) is 10.4. The maximum atomic E-state index is 5.85. The van der Waals surface area contributed by atoms with Crippen LogP contribution in [0.4, 0.5) is 0 Å². The molecule has 0 bridgehead atoms. The molecule has 2 nitrogen and oxygen atoms in total. The van der Waals surface area contributed by atoms with Gasteiger partial charge in [-0.1, -0.05) is 20.8 Å². The van der Waals surface area contributed by atoms with Crippen LogP contribution in [-0.2, 0) is 9.47 Å². The van der Waals surface area contributed by atoms with E-state index < -0.39 is 0 Å². The Morgan fingerprint density at radius 2 is 1.86 bits per heavy atom. The third-order valence-corrected chi connectivity index (χ3v) is 3.63. The minimum atomic E-state index is 0.377. The lowest BCUT2D eigenvalue weighted by Gasteiger charge is -2.25. The summed E-state index contributed by atoms with van der Waals surface area (Å²) >= 11 is 0. The molecule has 2 rings (SSSR count). The van der Waals surface area contributed by atoms with Crippen LogP contribution in [-0.4, -0.2) is 25.4 Å². The number of ether oxygens (including phenoxy) is 2. The van der Waals surface area contributed by atoms with Crippen LogP contribution < -0.4 is 0 Å². The lowest BCUT2D eigenvalue weighted by Crippen LogP contribution is -2.25. The van der Waals surface area contributed by atoms with E-state index in [2.05, 4.69) is 20.8 Å². The number of hydrogen-bond donors (Lipinski definition) is 0. The molecule has 0 saturated carbocycles. The Balaban J connectivity index is 1.88. The Kier molecular flexibility index (Phi) is 2.85. The maximum Gasteiger partial charge on any atom is 0.0840 e. The molecule has 82 valence electrons. The van der Waals surface area contributed by atoms with Crippen LogP contribution >= 0.6 is 0 Å². The van der Waals surface area contributed by atoms with Gasteiger partial charge in [-0.15, -0.1) is 0 Å². The van der Waals surface area contributed by atoms with Crippen molar-refractivity contribution in [1.82, 2.24) is 0 Å². The Hall–Kier alpha value is -0.0800. The molecule has 0 aliphatic carbocycles. The second-order valence-corrected chi connectivity index (χ2v) is 5.72. The van der Waals surface area contributed by atoms with Crippen molar-refractivity contribution < 1.29 is 9.47 Å². The highest BCUT2D eigenvalue weighted by atomic mass is 16.5. The SMILES string of the molecule is CC(C)(C)C1COC(C2CCCO2)C1. The van der Waals surface area contributed by atoms with Crippen LogP contribution in [0, 0.1) is 11.3 Å². The van der Waals surface area contributed by atoms with Gasteiger partial charge in [-0.3, -0.25) is 0 Å². The summed E-state index contributed by atoms with van der Waals surface area (Å²) in [4.78, 5) is 0. The maximum absolute atomic E-state index is 5.85. The topological polar surface area (TPSA) is 18.5 Å². The summed E-state index contributed by atoms with van der Waals surface area (Å²) in [5.41, 5.74) is 0.382. The summed E-state index contributed by atoms with van der Waals surface area (Å²) in [5, 5.41) is 0. The van der Waals surface area contributed by atoms with Gasteiger partial charge >= 0.3 is 0 Å². The van der Waals surface area contributed by atoms with Crippen molar-refractivity contribution in [3.8, 4) is 0 Å². The molecule has 0 aromatic carbocycles. The zero-order valence-corrected chi connectivity index (χ0v) is 9.58. The second-order valence-electron chi connectivity index (χ2n) is 5.72. The first-order chi connectivity index (χ1) is 6.57. The fraction of sp³-hybridized carbons (Fsp3) is 1.00. The first-order valence-electron chi connectivity index (χ1n) is 5.80. The molecule has 0 amide bonds. The zero-order chi connectivity index (χ0) is 10.2. The summed E-state index contributed by atoms with van der Waals surface area (Å²) in [5.74, 6) is 0.705. The Bertz CT molecular complexity index is 189. The molecule has 3 unspecified atom stereocenters. The van der Waals surface area contributed by atoms with Gasteiger partial charge in [0.1, 0.15) is 0 Å². The first-order valence-corrected chi connectivity index (χ1v) is 5.80. The molecule has 0 N–H and O–H groups in total. The normalized spacial score (nSPS) is 39.2. The molecular formula is C12H22O2. The molecular weight excluding hydrogens is 176 g/mol. The van der Waals surface area contributed by atoms with E-state index in [0.29, 0.717) is 23.5 Å². The third-order valence-electron chi connectivity index (χ3n) is 3.63. The van der Waals surface area contributed by atoms with Crippen LogP contribution in [0.25, 0.3) is 0 Å². The predicted octanol–water partition coefficient (Wildman–Crippen LogP) is 2.62. The van der Waals surface area contributed by atoms with E-state index in [0.717, 1.165) is 13.2 Å². The molecule has 2 saturated heterocycles. The van der Waals surface area contributed by atoms with Gasteiger partial charge in [0.2, 0.25) is 0 Å². The molecule has 2 fully saturated rings. The fourth-order valence-electron chi connectivity index (χ4n) is 2.41. The van der Waals surface area contributed by atoms with Crippen molar-refractivity contribution in [2.45, 2.75) is 52.2 Å². The Labute approximate surface area is 87.0 Å². The molecule has 0 aromatic rings. The largest absolute Gasteiger partial charge is 0.376 e. The van der Waals surface area contributed by atoms with Gasteiger partial charge in [0.05, 0.1) is 18.8 Å². The second kappa shape index (κ2) is 3.82. The molecule has 0 spiro atoms.